The molecule has 0 saturated heterocycles. The van der Waals surface area contributed by atoms with Gasteiger partial charge in [0.15, 0.2) is 11.5 Å². The van der Waals surface area contributed by atoms with Crippen LogP contribution in [0.15, 0.2) is 18.2 Å². The zero-order chi connectivity index (χ0) is 13.3. The number of primary amides is 1. The predicted octanol–water partition coefficient (Wildman–Crippen LogP) is 2.50. The van der Waals surface area contributed by atoms with Gasteiger partial charge in [-0.15, -0.1) is 0 Å². The highest BCUT2D eigenvalue weighted by Crippen LogP contribution is 2.37. The van der Waals surface area contributed by atoms with E-state index in [1.165, 1.54) is 0 Å². The largest absolute Gasteiger partial charge is 0.487 e. The predicted molar refractivity (Wildman–Crippen MR) is 69.0 cm³/mol. The highest BCUT2D eigenvalue weighted by molar-refractivity contribution is 5.96. The highest BCUT2D eigenvalue weighted by Gasteiger charge is 2.27. The SMILES string of the molecule is CC(C)(C)Oc1c(OC2CC2)cccc1C(N)=O. The second kappa shape index (κ2) is 4.52. The van der Waals surface area contributed by atoms with E-state index in [0.717, 1.165) is 12.8 Å². The number of rotatable bonds is 4. The van der Waals surface area contributed by atoms with E-state index in [1.54, 1.807) is 12.1 Å². The summed E-state index contributed by atoms with van der Waals surface area (Å²) in [5.41, 5.74) is 5.33. The van der Waals surface area contributed by atoms with Crippen LogP contribution in [0.2, 0.25) is 0 Å². The topological polar surface area (TPSA) is 61.6 Å². The molecule has 4 nitrogen and oxygen atoms in total. The van der Waals surface area contributed by atoms with Gasteiger partial charge in [-0.1, -0.05) is 6.07 Å². The number of carbonyl (C=O) groups excluding carboxylic acids is 1. The summed E-state index contributed by atoms with van der Waals surface area (Å²) >= 11 is 0. The fourth-order valence-electron chi connectivity index (χ4n) is 1.58. The molecule has 1 aliphatic carbocycles. The van der Waals surface area contributed by atoms with Crippen molar-refractivity contribution in [2.75, 3.05) is 0 Å². The quantitative estimate of drug-likeness (QED) is 0.891. The number of amides is 1. The minimum Gasteiger partial charge on any atom is -0.487 e. The summed E-state index contributed by atoms with van der Waals surface area (Å²) in [5, 5.41) is 0. The third-order valence-corrected chi connectivity index (χ3v) is 2.47. The molecule has 0 bridgehead atoms. The van der Waals surface area contributed by atoms with Gasteiger partial charge in [-0.25, -0.2) is 0 Å². The van der Waals surface area contributed by atoms with Gasteiger partial charge in [0.05, 0.1) is 11.7 Å². The van der Waals surface area contributed by atoms with Crippen molar-refractivity contribution >= 4 is 5.91 Å². The van der Waals surface area contributed by atoms with E-state index in [0.29, 0.717) is 17.1 Å². The van der Waals surface area contributed by atoms with Gasteiger partial charge in [-0.2, -0.15) is 0 Å². The third kappa shape index (κ3) is 3.15. The first-order chi connectivity index (χ1) is 8.37. The lowest BCUT2D eigenvalue weighted by molar-refractivity contribution is 0.0969. The molecule has 1 aliphatic rings. The lowest BCUT2D eigenvalue weighted by atomic mass is 10.1. The molecule has 0 aliphatic heterocycles. The van der Waals surface area contributed by atoms with Gasteiger partial charge in [0.2, 0.25) is 0 Å². The second-order valence-corrected chi connectivity index (χ2v) is 5.53. The molecule has 0 spiro atoms. The lowest BCUT2D eigenvalue weighted by Crippen LogP contribution is -2.25. The van der Waals surface area contributed by atoms with Gasteiger partial charge < -0.3 is 15.2 Å². The summed E-state index contributed by atoms with van der Waals surface area (Å²) in [5.74, 6) is 0.545. The molecule has 4 heteroatoms. The Balaban J connectivity index is 2.37. The van der Waals surface area contributed by atoms with Crippen molar-refractivity contribution in [1.29, 1.82) is 0 Å². The molecule has 18 heavy (non-hydrogen) atoms. The highest BCUT2D eigenvalue weighted by atomic mass is 16.5. The van der Waals surface area contributed by atoms with Crippen LogP contribution in [0.5, 0.6) is 11.5 Å². The number of benzene rings is 1. The molecule has 0 heterocycles. The molecule has 98 valence electrons. The van der Waals surface area contributed by atoms with Gasteiger partial charge in [-0.3, -0.25) is 4.79 Å². The molecule has 2 rings (SSSR count). The van der Waals surface area contributed by atoms with Crippen LogP contribution >= 0.6 is 0 Å². The number of hydrogen-bond donors (Lipinski definition) is 1. The number of hydrogen-bond acceptors (Lipinski definition) is 3. The van der Waals surface area contributed by atoms with Crippen molar-refractivity contribution in [2.24, 2.45) is 5.73 Å². The van der Waals surface area contributed by atoms with Crippen LogP contribution in [0.3, 0.4) is 0 Å². The van der Waals surface area contributed by atoms with E-state index < -0.39 is 11.5 Å². The van der Waals surface area contributed by atoms with E-state index in [2.05, 4.69) is 0 Å². The van der Waals surface area contributed by atoms with Gasteiger partial charge in [0, 0.05) is 0 Å². The van der Waals surface area contributed by atoms with Gasteiger partial charge >= 0.3 is 0 Å². The van der Waals surface area contributed by atoms with Crippen molar-refractivity contribution < 1.29 is 14.3 Å². The Morgan fingerprint density at radius 3 is 2.50 bits per heavy atom. The van der Waals surface area contributed by atoms with E-state index in [4.69, 9.17) is 15.2 Å². The fourth-order valence-corrected chi connectivity index (χ4v) is 1.58. The minimum atomic E-state index is -0.504. The fraction of sp³-hybridized carbons (Fsp3) is 0.500. The number of carbonyl (C=O) groups is 1. The smallest absolute Gasteiger partial charge is 0.252 e. The Hall–Kier alpha value is -1.71. The van der Waals surface area contributed by atoms with Crippen molar-refractivity contribution in [3.63, 3.8) is 0 Å². The van der Waals surface area contributed by atoms with Gasteiger partial charge in [0.25, 0.3) is 5.91 Å². The van der Waals surface area contributed by atoms with Crippen LogP contribution in [0.1, 0.15) is 44.0 Å². The number of ether oxygens (including phenoxy) is 2. The zero-order valence-electron chi connectivity index (χ0n) is 11.0. The zero-order valence-corrected chi connectivity index (χ0v) is 11.0. The van der Waals surface area contributed by atoms with Crippen molar-refractivity contribution in [1.82, 2.24) is 0 Å². The molecule has 1 amide bonds. The van der Waals surface area contributed by atoms with Crippen LogP contribution in [-0.2, 0) is 0 Å². The van der Waals surface area contributed by atoms with Crippen molar-refractivity contribution in [2.45, 2.75) is 45.3 Å². The molecule has 0 unspecified atom stereocenters. The van der Waals surface area contributed by atoms with Crippen LogP contribution in [0, 0.1) is 0 Å². The monoisotopic (exact) mass is 249 g/mol. The van der Waals surface area contributed by atoms with E-state index in [1.807, 2.05) is 26.8 Å². The number of para-hydroxylation sites is 1. The summed E-state index contributed by atoms with van der Waals surface area (Å²) in [6.07, 6.45) is 2.35. The average Bonchev–Trinajstić information content (AvgIpc) is 3.02. The molecule has 2 N–H and O–H groups in total. The second-order valence-electron chi connectivity index (χ2n) is 5.53. The molecule has 1 aromatic rings. The first kappa shape index (κ1) is 12.7. The average molecular weight is 249 g/mol. The van der Waals surface area contributed by atoms with E-state index in [-0.39, 0.29) is 6.10 Å². The molecular formula is C14H19NO3. The Bertz CT molecular complexity index is 459. The van der Waals surface area contributed by atoms with E-state index in [9.17, 15) is 4.79 Å². The van der Waals surface area contributed by atoms with E-state index >= 15 is 0 Å². The molecule has 0 aromatic heterocycles. The first-order valence-corrected chi connectivity index (χ1v) is 6.15. The Kier molecular flexibility index (Phi) is 3.20. The first-order valence-electron chi connectivity index (χ1n) is 6.15. The maximum Gasteiger partial charge on any atom is 0.252 e. The Morgan fingerprint density at radius 2 is 2.00 bits per heavy atom. The lowest BCUT2D eigenvalue weighted by Gasteiger charge is -2.24. The number of nitrogens with two attached hydrogens (primary N) is 1. The molecule has 0 radical (unpaired) electrons. The summed E-state index contributed by atoms with van der Waals surface area (Å²) in [7, 11) is 0. The molecule has 1 fully saturated rings. The Labute approximate surface area is 107 Å². The van der Waals surface area contributed by atoms with Crippen LogP contribution in [-0.4, -0.2) is 17.6 Å². The summed E-state index contributed by atoms with van der Waals surface area (Å²) in [6.45, 7) is 5.77. The van der Waals surface area contributed by atoms with Crippen molar-refractivity contribution in [3.05, 3.63) is 23.8 Å². The molecule has 0 atom stereocenters. The molecule has 1 saturated carbocycles. The minimum absolute atomic E-state index is 0.246. The standard InChI is InChI=1S/C14H19NO3/c1-14(2,3)18-12-10(13(15)16)5-4-6-11(12)17-9-7-8-9/h4-6,9H,7-8H2,1-3H3,(H2,15,16). The van der Waals surface area contributed by atoms with Crippen LogP contribution < -0.4 is 15.2 Å². The summed E-state index contributed by atoms with van der Waals surface area (Å²) in [6, 6.07) is 5.22. The maximum atomic E-state index is 11.4. The maximum absolute atomic E-state index is 11.4. The summed E-state index contributed by atoms with van der Waals surface area (Å²) in [4.78, 5) is 11.4. The van der Waals surface area contributed by atoms with Crippen molar-refractivity contribution in [3.8, 4) is 11.5 Å². The van der Waals surface area contributed by atoms with Crippen LogP contribution in [0.25, 0.3) is 0 Å². The van der Waals surface area contributed by atoms with Gasteiger partial charge in [-0.05, 0) is 45.7 Å². The van der Waals surface area contributed by atoms with Crippen LogP contribution in [0.4, 0.5) is 0 Å². The Morgan fingerprint density at radius 1 is 1.33 bits per heavy atom. The van der Waals surface area contributed by atoms with Gasteiger partial charge in [0.1, 0.15) is 5.60 Å². The third-order valence-electron chi connectivity index (χ3n) is 2.47. The molecular weight excluding hydrogens is 230 g/mol. The normalized spacial score (nSPS) is 15.3. The molecule has 1 aromatic carbocycles. The summed E-state index contributed by atoms with van der Waals surface area (Å²) < 4.78 is 11.6.